The topological polar surface area (TPSA) is 47.6 Å². The lowest BCUT2D eigenvalue weighted by Crippen LogP contribution is -2.17. The summed E-state index contributed by atoms with van der Waals surface area (Å²) in [6.45, 7) is 0. The van der Waals surface area contributed by atoms with E-state index in [1.54, 1.807) is 18.2 Å². The second-order valence-electron chi connectivity index (χ2n) is 5.85. The highest BCUT2D eigenvalue weighted by atomic mass is 35.5. The van der Waals surface area contributed by atoms with Crippen molar-refractivity contribution in [3.8, 4) is 22.6 Å². The monoisotopic (exact) mass is 459 g/mol. The Balaban J connectivity index is 2.19. The molecule has 0 atom stereocenters. The minimum Gasteiger partial charge on any atom is -0.493 e. The van der Waals surface area contributed by atoms with Crippen LogP contribution in [-0.2, 0) is 11.0 Å². The predicted octanol–water partition coefficient (Wildman–Crippen LogP) is 5.53. The number of thiocarbonyl (C=S) groups is 1. The minimum atomic E-state index is -4.61. The smallest absolute Gasteiger partial charge is 0.417 e. The van der Waals surface area contributed by atoms with Crippen molar-refractivity contribution < 1.29 is 27.4 Å². The van der Waals surface area contributed by atoms with Gasteiger partial charge in [-0.2, -0.15) is 13.2 Å². The number of halogens is 4. The van der Waals surface area contributed by atoms with Gasteiger partial charge in [-0.3, -0.25) is 4.79 Å². The standard InChI is InChI=1S/C19H13ClF3NO3S2/c1-26-14-6-9(7-15-17(25)24-18(28)29-15)5-11(16(14)27-2)10-3-4-13(20)12(8-10)19(21,22)23/h3-8H,1-2H3,(H,24,25,28). The Bertz CT molecular complexity index is 1040. The van der Waals surface area contributed by atoms with Crippen LogP contribution in [0.5, 0.6) is 11.5 Å². The third-order valence-corrected chi connectivity index (χ3v) is 5.52. The van der Waals surface area contributed by atoms with Gasteiger partial charge in [0.05, 0.1) is 29.7 Å². The molecule has 0 aromatic heterocycles. The lowest BCUT2D eigenvalue weighted by Gasteiger charge is -2.16. The number of ether oxygens (including phenoxy) is 2. The average molecular weight is 460 g/mol. The molecule has 2 aromatic rings. The van der Waals surface area contributed by atoms with E-state index in [-0.39, 0.29) is 17.2 Å². The van der Waals surface area contributed by atoms with E-state index in [9.17, 15) is 18.0 Å². The van der Waals surface area contributed by atoms with Gasteiger partial charge in [0, 0.05) is 5.56 Å². The Morgan fingerprint density at radius 2 is 1.90 bits per heavy atom. The van der Waals surface area contributed by atoms with Gasteiger partial charge in [-0.05, 0) is 41.5 Å². The summed E-state index contributed by atoms with van der Waals surface area (Å²) in [6, 6.07) is 6.80. The maximum absolute atomic E-state index is 13.3. The lowest BCUT2D eigenvalue weighted by molar-refractivity contribution is -0.137. The summed E-state index contributed by atoms with van der Waals surface area (Å²) < 4.78 is 50.9. The summed E-state index contributed by atoms with van der Waals surface area (Å²) in [7, 11) is 2.80. The van der Waals surface area contributed by atoms with Crippen LogP contribution in [0.15, 0.2) is 35.2 Å². The second-order valence-corrected chi connectivity index (χ2v) is 7.97. The van der Waals surface area contributed by atoms with Gasteiger partial charge in [-0.15, -0.1) is 0 Å². The summed E-state index contributed by atoms with van der Waals surface area (Å²) in [6.07, 6.45) is -3.04. The number of nitrogens with one attached hydrogen (secondary N) is 1. The van der Waals surface area contributed by atoms with Gasteiger partial charge in [-0.1, -0.05) is 41.6 Å². The van der Waals surface area contributed by atoms with Crippen molar-refractivity contribution in [3.63, 3.8) is 0 Å². The molecule has 1 N–H and O–H groups in total. The molecular weight excluding hydrogens is 447 g/mol. The first kappa shape index (κ1) is 21.5. The summed E-state index contributed by atoms with van der Waals surface area (Å²) in [5.74, 6) is 0.206. The zero-order chi connectivity index (χ0) is 21.3. The normalized spacial score (nSPS) is 15.6. The van der Waals surface area contributed by atoms with Crippen LogP contribution in [0.25, 0.3) is 17.2 Å². The molecular formula is C19H13ClF3NO3S2. The first-order chi connectivity index (χ1) is 13.6. The fourth-order valence-corrected chi connectivity index (χ4v) is 4.03. The molecule has 1 heterocycles. The number of carbonyl (C=O) groups excluding carboxylic acids is 1. The first-order valence-corrected chi connectivity index (χ1v) is 9.62. The number of hydrogen-bond donors (Lipinski definition) is 1. The zero-order valence-corrected chi connectivity index (χ0v) is 17.4. The third-order valence-electron chi connectivity index (χ3n) is 4.02. The maximum atomic E-state index is 13.3. The zero-order valence-electron chi connectivity index (χ0n) is 15.0. The number of methoxy groups -OCH3 is 2. The molecule has 3 rings (SSSR count). The van der Waals surface area contributed by atoms with Gasteiger partial charge < -0.3 is 14.8 Å². The molecule has 4 nitrogen and oxygen atoms in total. The van der Waals surface area contributed by atoms with Crippen LogP contribution in [0.2, 0.25) is 5.02 Å². The first-order valence-electron chi connectivity index (χ1n) is 8.02. The Labute approximate surface area is 179 Å². The average Bonchev–Trinajstić information content (AvgIpc) is 2.97. The van der Waals surface area contributed by atoms with Crippen molar-refractivity contribution in [2.24, 2.45) is 0 Å². The number of amides is 1. The third kappa shape index (κ3) is 4.52. The minimum absolute atomic E-state index is 0.233. The van der Waals surface area contributed by atoms with Crippen LogP contribution in [0, 0.1) is 0 Å². The largest absolute Gasteiger partial charge is 0.493 e. The summed E-state index contributed by atoms with van der Waals surface area (Å²) in [4.78, 5) is 12.3. The van der Waals surface area contributed by atoms with Gasteiger partial charge in [0.2, 0.25) is 0 Å². The van der Waals surface area contributed by atoms with E-state index in [4.69, 9.17) is 33.3 Å². The Kier molecular flexibility index (Phi) is 6.11. The van der Waals surface area contributed by atoms with Gasteiger partial charge in [0.25, 0.3) is 5.91 Å². The summed E-state index contributed by atoms with van der Waals surface area (Å²) >= 11 is 11.8. The molecule has 1 fully saturated rings. The van der Waals surface area contributed by atoms with E-state index < -0.39 is 16.8 Å². The molecule has 1 aliphatic heterocycles. The number of hydrogen-bond acceptors (Lipinski definition) is 5. The van der Waals surface area contributed by atoms with Gasteiger partial charge in [0.15, 0.2) is 11.5 Å². The van der Waals surface area contributed by atoms with Gasteiger partial charge >= 0.3 is 6.18 Å². The fraction of sp³-hybridized carbons (Fsp3) is 0.158. The number of alkyl halides is 3. The van der Waals surface area contributed by atoms with Crippen LogP contribution in [0.3, 0.4) is 0 Å². The van der Waals surface area contributed by atoms with E-state index in [0.717, 1.165) is 17.8 Å². The van der Waals surface area contributed by atoms with E-state index in [1.807, 2.05) is 0 Å². The number of carbonyl (C=O) groups is 1. The number of thioether (sulfide) groups is 1. The van der Waals surface area contributed by atoms with Crippen LogP contribution >= 0.6 is 35.6 Å². The SMILES string of the molecule is COc1cc(C=C2SC(=S)NC2=O)cc(-c2ccc(Cl)c(C(F)(F)F)c2)c1OC. The molecule has 0 saturated carbocycles. The van der Waals surface area contributed by atoms with E-state index in [1.165, 1.54) is 26.4 Å². The number of benzene rings is 2. The molecule has 0 unspecified atom stereocenters. The fourth-order valence-electron chi connectivity index (χ4n) is 2.77. The quantitative estimate of drug-likeness (QED) is 0.481. The Morgan fingerprint density at radius 1 is 1.17 bits per heavy atom. The molecule has 2 aromatic carbocycles. The molecule has 29 heavy (non-hydrogen) atoms. The van der Waals surface area contributed by atoms with Crippen molar-refractivity contribution >= 4 is 51.9 Å². The van der Waals surface area contributed by atoms with Gasteiger partial charge in [-0.25, -0.2) is 0 Å². The molecule has 1 saturated heterocycles. The van der Waals surface area contributed by atoms with E-state index in [2.05, 4.69) is 5.32 Å². The maximum Gasteiger partial charge on any atom is 0.417 e. The second kappa shape index (κ2) is 8.25. The highest BCUT2D eigenvalue weighted by Crippen LogP contribution is 2.43. The molecule has 0 radical (unpaired) electrons. The van der Waals surface area contributed by atoms with Crippen LogP contribution < -0.4 is 14.8 Å². The van der Waals surface area contributed by atoms with Crippen molar-refractivity contribution in [2.75, 3.05) is 14.2 Å². The van der Waals surface area contributed by atoms with Crippen LogP contribution in [0.1, 0.15) is 11.1 Å². The molecule has 1 aliphatic rings. The molecule has 1 amide bonds. The van der Waals surface area contributed by atoms with Crippen LogP contribution in [-0.4, -0.2) is 24.4 Å². The van der Waals surface area contributed by atoms with Crippen molar-refractivity contribution in [2.45, 2.75) is 6.18 Å². The van der Waals surface area contributed by atoms with Crippen molar-refractivity contribution in [1.82, 2.24) is 5.32 Å². The van der Waals surface area contributed by atoms with Crippen molar-refractivity contribution in [3.05, 3.63) is 51.4 Å². The molecule has 152 valence electrons. The lowest BCUT2D eigenvalue weighted by atomic mass is 9.98. The Morgan fingerprint density at radius 3 is 2.45 bits per heavy atom. The number of rotatable bonds is 4. The van der Waals surface area contributed by atoms with Crippen molar-refractivity contribution in [1.29, 1.82) is 0 Å². The van der Waals surface area contributed by atoms with Gasteiger partial charge in [0.1, 0.15) is 4.32 Å². The molecule has 0 aliphatic carbocycles. The van der Waals surface area contributed by atoms with E-state index in [0.29, 0.717) is 26.1 Å². The molecule has 0 bridgehead atoms. The highest BCUT2D eigenvalue weighted by molar-refractivity contribution is 8.26. The molecule has 10 heteroatoms. The predicted molar refractivity (Wildman–Crippen MR) is 111 cm³/mol. The van der Waals surface area contributed by atoms with Crippen LogP contribution in [0.4, 0.5) is 13.2 Å². The molecule has 0 spiro atoms. The van der Waals surface area contributed by atoms with E-state index >= 15 is 0 Å². The Hall–Kier alpha value is -2.23. The summed E-state index contributed by atoms with van der Waals surface area (Å²) in [5, 5.41) is 2.10. The highest BCUT2D eigenvalue weighted by Gasteiger charge is 2.33. The summed E-state index contributed by atoms with van der Waals surface area (Å²) in [5.41, 5.74) is 0.157.